The van der Waals surface area contributed by atoms with Crippen molar-refractivity contribution in [2.24, 2.45) is 11.8 Å². The molecule has 4 aliphatic rings. The van der Waals surface area contributed by atoms with Crippen LogP contribution < -0.4 is 9.80 Å². The molecule has 1 spiro atoms. The second-order valence-corrected chi connectivity index (χ2v) is 10.4. The Bertz CT molecular complexity index is 1130. The molecule has 6 atom stereocenters. The van der Waals surface area contributed by atoms with Crippen LogP contribution in [0.3, 0.4) is 0 Å². The molecule has 1 N–H and O–H groups in total. The molecule has 2 saturated heterocycles. The summed E-state index contributed by atoms with van der Waals surface area (Å²) in [6.45, 7) is 7.89. The minimum Gasteiger partial charge on any atom is -0.465 e. The Labute approximate surface area is 223 Å². The monoisotopic (exact) mass is 523 g/mol. The molecular weight excluding hydrogens is 486 g/mol. The maximum absolute atomic E-state index is 14.3. The number of aliphatic hydroxyl groups excluding tert-OH is 1. The van der Waals surface area contributed by atoms with Gasteiger partial charge in [-0.1, -0.05) is 24.3 Å². The Morgan fingerprint density at radius 3 is 2.53 bits per heavy atom. The first kappa shape index (κ1) is 26.4. The number of benzene rings is 1. The number of hydrogen-bond donors (Lipinski definition) is 1. The zero-order valence-corrected chi connectivity index (χ0v) is 22.3. The largest absolute Gasteiger partial charge is 0.465 e. The molecule has 0 radical (unpaired) electrons. The molecule has 9 heteroatoms. The second kappa shape index (κ2) is 10.5. The van der Waals surface area contributed by atoms with Gasteiger partial charge < -0.3 is 29.3 Å². The summed E-state index contributed by atoms with van der Waals surface area (Å²) in [5.41, 5.74) is 0.432. The van der Waals surface area contributed by atoms with Crippen molar-refractivity contribution in [3.8, 4) is 0 Å². The minimum absolute atomic E-state index is 0.270. The van der Waals surface area contributed by atoms with Gasteiger partial charge in [0.25, 0.3) is 5.91 Å². The predicted octanol–water partition coefficient (Wildman–Crippen LogP) is 2.29. The summed E-state index contributed by atoms with van der Waals surface area (Å²) in [6, 6.07) is 6.15. The van der Waals surface area contributed by atoms with E-state index in [0.717, 1.165) is 25.2 Å². The molecule has 4 aliphatic heterocycles. The molecule has 0 bridgehead atoms. The van der Waals surface area contributed by atoms with E-state index in [4.69, 9.17) is 9.47 Å². The van der Waals surface area contributed by atoms with Crippen LogP contribution in [0, 0.1) is 11.8 Å². The molecule has 9 nitrogen and oxygen atoms in total. The molecule has 2 amide bonds. The van der Waals surface area contributed by atoms with Crippen molar-refractivity contribution < 1.29 is 29.0 Å². The summed E-state index contributed by atoms with van der Waals surface area (Å²) < 4.78 is 12.1. The van der Waals surface area contributed by atoms with Gasteiger partial charge in [-0.3, -0.25) is 14.4 Å². The van der Waals surface area contributed by atoms with Crippen molar-refractivity contribution in [2.75, 3.05) is 42.6 Å². The zero-order valence-electron chi connectivity index (χ0n) is 22.3. The summed E-state index contributed by atoms with van der Waals surface area (Å²) in [7, 11) is 0. The van der Waals surface area contributed by atoms with Crippen LogP contribution in [0.15, 0.2) is 48.6 Å². The summed E-state index contributed by atoms with van der Waals surface area (Å²) in [5, 5.41) is 10.1. The molecule has 204 valence electrons. The third-order valence-corrected chi connectivity index (χ3v) is 8.32. The average molecular weight is 524 g/mol. The number of aliphatic hydroxyl groups is 1. The van der Waals surface area contributed by atoms with Crippen LogP contribution in [0.4, 0.5) is 11.4 Å². The first-order valence-electron chi connectivity index (χ1n) is 13.7. The number of carbonyl (C=O) groups excluding carboxylic acids is 3. The lowest BCUT2D eigenvalue weighted by atomic mass is 9.78. The lowest BCUT2D eigenvalue weighted by molar-refractivity contribution is -0.155. The van der Waals surface area contributed by atoms with Gasteiger partial charge in [0.05, 0.1) is 31.3 Å². The number of hydrogen-bond acceptors (Lipinski definition) is 7. The Hall–Kier alpha value is -3.17. The third-order valence-electron chi connectivity index (χ3n) is 8.32. The van der Waals surface area contributed by atoms with Gasteiger partial charge in [-0.15, -0.1) is 0 Å². The van der Waals surface area contributed by atoms with Crippen molar-refractivity contribution in [1.82, 2.24) is 4.90 Å². The lowest BCUT2D eigenvalue weighted by Crippen LogP contribution is -2.57. The molecule has 1 aromatic carbocycles. The molecule has 1 aromatic rings. The van der Waals surface area contributed by atoms with E-state index in [1.807, 2.05) is 42.5 Å². The summed E-state index contributed by atoms with van der Waals surface area (Å²) in [6.07, 6.45) is 8.19. The van der Waals surface area contributed by atoms with Crippen LogP contribution in [0.2, 0.25) is 0 Å². The molecule has 38 heavy (non-hydrogen) atoms. The van der Waals surface area contributed by atoms with Gasteiger partial charge in [-0.05, 0) is 57.9 Å². The highest BCUT2D eigenvalue weighted by Gasteiger charge is 2.72. The molecule has 0 saturated carbocycles. The molecule has 4 heterocycles. The van der Waals surface area contributed by atoms with Crippen LogP contribution >= 0.6 is 0 Å². The van der Waals surface area contributed by atoms with Gasteiger partial charge in [0.2, 0.25) is 5.91 Å². The van der Waals surface area contributed by atoms with Crippen molar-refractivity contribution >= 4 is 29.2 Å². The fourth-order valence-corrected chi connectivity index (χ4v) is 6.42. The molecule has 5 rings (SSSR count). The number of allylic oxidation sites excluding steroid dienone is 1. The smallest absolute Gasteiger partial charge is 0.312 e. The SMILES string of the molecule is CCN(CC)c1ccc(N2CC=CC34O[C@@H]5/C=C\CCCOC(=O)C5[C@H]3C(=O)N(C(C)CO)[C@@H]4C2=O)cc1. The average Bonchev–Trinajstić information content (AvgIpc) is 3.34. The molecule has 3 unspecified atom stereocenters. The number of amides is 2. The fraction of sp³-hybridized carbons (Fsp3) is 0.552. The molecular formula is C29H37N3O6. The topological polar surface area (TPSA) is 99.6 Å². The summed E-state index contributed by atoms with van der Waals surface area (Å²) in [4.78, 5) is 46.9. The van der Waals surface area contributed by atoms with Gasteiger partial charge >= 0.3 is 5.97 Å². The molecule has 0 aliphatic carbocycles. The maximum Gasteiger partial charge on any atom is 0.312 e. The number of ether oxygens (including phenoxy) is 2. The molecule has 2 fully saturated rings. The van der Waals surface area contributed by atoms with Gasteiger partial charge in [0.1, 0.15) is 17.6 Å². The van der Waals surface area contributed by atoms with E-state index in [1.165, 1.54) is 4.90 Å². The number of cyclic esters (lactones) is 1. The molecule has 0 aromatic heterocycles. The maximum atomic E-state index is 14.3. The van der Waals surface area contributed by atoms with E-state index in [0.29, 0.717) is 18.7 Å². The van der Waals surface area contributed by atoms with Crippen molar-refractivity contribution in [1.29, 1.82) is 0 Å². The van der Waals surface area contributed by atoms with Gasteiger partial charge in [0.15, 0.2) is 0 Å². The van der Waals surface area contributed by atoms with Crippen molar-refractivity contribution in [2.45, 2.75) is 57.4 Å². The van der Waals surface area contributed by atoms with Crippen LogP contribution in [0.25, 0.3) is 0 Å². The van der Waals surface area contributed by atoms with Crippen LogP contribution in [0.1, 0.15) is 33.6 Å². The highest BCUT2D eigenvalue weighted by Crippen LogP contribution is 2.53. The summed E-state index contributed by atoms with van der Waals surface area (Å²) in [5.74, 6) is -2.95. The van der Waals surface area contributed by atoms with E-state index >= 15 is 0 Å². The highest BCUT2D eigenvalue weighted by molar-refractivity contribution is 6.05. The zero-order chi connectivity index (χ0) is 27.0. The number of rotatable bonds is 6. The van der Waals surface area contributed by atoms with Crippen LogP contribution in [0.5, 0.6) is 0 Å². The second-order valence-electron chi connectivity index (χ2n) is 10.4. The number of anilines is 2. The standard InChI is InChI=1S/C29H37N3O6/c1-4-30(5-2)20-11-13-21(14-12-20)31-16-9-15-29-24(26(34)32(19(3)18-33)25(29)27(31)35)23-22(38-29)10-7-6-8-17-37-28(23)36/h7,9-15,19,22-25,33H,4-6,8,16-18H2,1-3H3/b10-7-/t19?,22-,23?,24+,25-,29?/m1/s1. The predicted molar refractivity (Wildman–Crippen MR) is 143 cm³/mol. The lowest BCUT2D eigenvalue weighted by Gasteiger charge is -2.37. The van der Waals surface area contributed by atoms with Crippen molar-refractivity contribution in [3.63, 3.8) is 0 Å². The summed E-state index contributed by atoms with van der Waals surface area (Å²) >= 11 is 0. The van der Waals surface area contributed by atoms with Gasteiger partial charge in [0, 0.05) is 31.0 Å². The highest BCUT2D eigenvalue weighted by atomic mass is 16.6. The number of carbonyl (C=O) groups is 3. The fourth-order valence-electron chi connectivity index (χ4n) is 6.42. The van der Waals surface area contributed by atoms with E-state index < -0.39 is 41.6 Å². The number of nitrogens with zero attached hydrogens (tertiary/aromatic N) is 3. The normalized spacial score (nSPS) is 32.4. The van der Waals surface area contributed by atoms with E-state index in [-0.39, 0.29) is 25.0 Å². The van der Waals surface area contributed by atoms with E-state index in [2.05, 4.69) is 18.7 Å². The Kier molecular flexibility index (Phi) is 7.33. The third kappa shape index (κ3) is 4.12. The number of fused-ring (bicyclic) bond motifs is 2. The number of esters is 1. The van der Waals surface area contributed by atoms with Crippen LogP contribution in [-0.4, -0.2) is 84.4 Å². The Morgan fingerprint density at radius 1 is 1.11 bits per heavy atom. The van der Waals surface area contributed by atoms with Gasteiger partial charge in [-0.25, -0.2) is 0 Å². The van der Waals surface area contributed by atoms with Crippen molar-refractivity contribution in [3.05, 3.63) is 48.6 Å². The first-order valence-corrected chi connectivity index (χ1v) is 13.7. The minimum atomic E-state index is -1.34. The van der Waals surface area contributed by atoms with Crippen LogP contribution in [-0.2, 0) is 23.9 Å². The first-order chi connectivity index (χ1) is 18.4. The van der Waals surface area contributed by atoms with Gasteiger partial charge in [-0.2, -0.15) is 0 Å². The Balaban J connectivity index is 1.56. The van der Waals surface area contributed by atoms with E-state index in [1.54, 1.807) is 17.9 Å². The van der Waals surface area contributed by atoms with E-state index in [9.17, 15) is 19.5 Å². The number of likely N-dealkylation sites (tertiary alicyclic amines) is 1. The quantitative estimate of drug-likeness (QED) is 0.451. The Morgan fingerprint density at radius 2 is 1.84 bits per heavy atom.